The summed E-state index contributed by atoms with van der Waals surface area (Å²) in [5.41, 5.74) is 2.19. The molecule has 1 fully saturated rings. The molecule has 0 atom stereocenters. The second-order valence-electron chi connectivity index (χ2n) is 7.00. The summed E-state index contributed by atoms with van der Waals surface area (Å²) < 4.78 is 29.7. The molecule has 1 heterocycles. The van der Waals surface area contributed by atoms with E-state index >= 15 is 0 Å². The predicted octanol–water partition coefficient (Wildman–Crippen LogP) is 0.335. The SMILES string of the molecule is COc1cc(OC)c(OC)cc1C[NH+]1CC[NH+](Cc2cccc(F)c2)CC1. The molecule has 0 saturated carbocycles. The first kappa shape index (κ1) is 19.5. The summed E-state index contributed by atoms with van der Waals surface area (Å²) in [4.78, 5) is 3.02. The summed E-state index contributed by atoms with van der Waals surface area (Å²) in [6.45, 7) is 6.05. The fourth-order valence-corrected chi connectivity index (χ4v) is 3.75. The molecular formula is C21H29FN2O3+2. The van der Waals surface area contributed by atoms with Crippen molar-refractivity contribution in [2.75, 3.05) is 47.5 Å². The van der Waals surface area contributed by atoms with E-state index in [0.29, 0.717) is 5.75 Å². The van der Waals surface area contributed by atoms with E-state index in [-0.39, 0.29) is 5.82 Å². The zero-order chi connectivity index (χ0) is 19.2. The number of halogens is 1. The quantitative estimate of drug-likeness (QED) is 0.732. The summed E-state index contributed by atoms with van der Waals surface area (Å²) in [5, 5.41) is 0. The third-order valence-electron chi connectivity index (χ3n) is 5.23. The van der Waals surface area contributed by atoms with Gasteiger partial charge in [-0.05, 0) is 18.2 Å². The van der Waals surface area contributed by atoms with Crippen molar-refractivity contribution in [3.8, 4) is 17.2 Å². The standard InChI is InChI=1S/C21H27FN2O3/c1-25-19-13-21(27-3)20(26-2)12-17(19)15-24-9-7-23(8-10-24)14-16-5-4-6-18(22)11-16/h4-6,11-13H,7-10,14-15H2,1-3H3/p+2. The van der Waals surface area contributed by atoms with Crippen LogP contribution in [0.15, 0.2) is 36.4 Å². The Hall–Kier alpha value is -2.31. The Morgan fingerprint density at radius 3 is 1.96 bits per heavy atom. The Labute approximate surface area is 160 Å². The highest BCUT2D eigenvalue weighted by Gasteiger charge is 2.25. The number of quaternary nitrogens is 2. The van der Waals surface area contributed by atoms with Crippen molar-refractivity contribution in [2.45, 2.75) is 13.1 Å². The van der Waals surface area contributed by atoms with Crippen molar-refractivity contribution >= 4 is 0 Å². The summed E-state index contributed by atoms with van der Waals surface area (Å²) in [7, 11) is 4.96. The van der Waals surface area contributed by atoms with E-state index in [9.17, 15) is 4.39 Å². The van der Waals surface area contributed by atoms with Gasteiger partial charge in [0.05, 0.1) is 26.9 Å². The zero-order valence-electron chi connectivity index (χ0n) is 16.3. The van der Waals surface area contributed by atoms with E-state index in [1.807, 2.05) is 18.2 Å². The van der Waals surface area contributed by atoms with E-state index in [0.717, 1.165) is 61.9 Å². The van der Waals surface area contributed by atoms with Gasteiger partial charge in [0.15, 0.2) is 11.5 Å². The molecule has 0 bridgehead atoms. The molecule has 5 nitrogen and oxygen atoms in total. The van der Waals surface area contributed by atoms with Crippen LogP contribution in [0, 0.1) is 5.82 Å². The summed E-state index contributed by atoms with van der Waals surface area (Å²) in [6.07, 6.45) is 0. The van der Waals surface area contributed by atoms with Crippen molar-refractivity contribution in [3.63, 3.8) is 0 Å². The molecule has 2 aromatic carbocycles. The predicted molar refractivity (Wildman–Crippen MR) is 101 cm³/mol. The van der Waals surface area contributed by atoms with Crippen molar-refractivity contribution in [1.82, 2.24) is 0 Å². The number of methoxy groups -OCH3 is 3. The van der Waals surface area contributed by atoms with Gasteiger partial charge in [0.2, 0.25) is 0 Å². The Kier molecular flexibility index (Phi) is 6.53. The number of nitrogens with one attached hydrogen (secondary N) is 2. The molecule has 0 spiro atoms. The Morgan fingerprint density at radius 1 is 0.778 bits per heavy atom. The molecule has 6 heteroatoms. The highest BCUT2D eigenvalue weighted by molar-refractivity contribution is 5.50. The molecule has 1 saturated heterocycles. The fraction of sp³-hybridized carbons (Fsp3) is 0.429. The van der Waals surface area contributed by atoms with Crippen LogP contribution in [0.2, 0.25) is 0 Å². The fourth-order valence-electron chi connectivity index (χ4n) is 3.75. The minimum Gasteiger partial charge on any atom is -0.496 e. The summed E-state index contributed by atoms with van der Waals surface area (Å²) in [6, 6.07) is 10.8. The van der Waals surface area contributed by atoms with Crippen molar-refractivity contribution < 1.29 is 28.4 Å². The van der Waals surface area contributed by atoms with Crippen molar-refractivity contribution in [2.24, 2.45) is 0 Å². The first-order chi connectivity index (χ1) is 13.1. The molecule has 3 rings (SSSR count). The second-order valence-corrected chi connectivity index (χ2v) is 7.00. The van der Waals surface area contributed by atoms with Gasteiger partial charge in [0.25, 0.3) is 0 Å². The van der Waals surface area contributed by atoms with Gasteiger partial charge in [-0.3, -0.25) is 0 Å². The lowest BCUT2D eigenvalue weighted by atomic mass is 10.1. The van der Waals surface area contributed by atoms with Gasteiger partial charge >= 0.3 is 0 Å². The van der Waals surface area contributed by atoms with Crippen molar-refractivity contribution in [1.29, 1.82) is 0 Å². The van der Waals surface area contributed by atoms with E-state index in [1.165, 1.54) is 15.9 Å². The maximum absolute atomic E-state index is 13.4. The number of benzene rings is 2. The first-order valence-corrected chi connectivity index (χ1v) is 9.33. The van der Waals surface area contributed by atoms with Crippen LogP contribution in [0.3, 0.4) is 0 Å². The molecule has 0 aromatic heterocycles. The van der Waals surface area contributed by atoms with E-state index in [4.69, 9.17) is 14.2 Å². The van der Waals surface area contributed by atoms with Crippen LogP contribution in [-0.4, -0.2) is 47.5 Å². The lowest BCUT2D eigenvalue weighted by molar-refractivity contribution is -1.02. The number of hydrogen-bond donors (Lipinski definition) is 2. The number of rotatable bonds is 7. The third-order valence-corrected chi connectivity index (χ3v) is 5.23. The second kappa shape index (κ2) is 9.06. The smallest absolute Gasteiger partial charge is 0.164 e. The van der Waals surface area contributed by atoms with Crippen LogP contribution in [0.25, 0.3) is 0 Å². The average molecular weight is 376 g/mol. The van der Waals surface area contributed by atoms with E-state index < -0.39 is 0 Å². The molecule has 2 aromatic rings. The highest BCUT2D eigenvalue weighted by Crippen LogP contribution is 2.34. The zero-order valence-corrected chi connectivity index (χ0v) is 16.3. The Bertz CT molecular complexity index is 761. The molecule has 0 radical (unpaired) electrons. The van der Waals surface area contributed by atoms with Gasteiger partial charge in [-0.1, -0.05) is 12.1 Å². The molecule has 146 valence electrons. The topological polar surface area (TPSA) is 36.6 Å². The van der Waals surface area contributed by atoms with Crippen molar-refractivity contribution in [3.05, 3.63) is 53.3 Å². The largest absolute Gasteiger partial charge is 0.496 e. The van der Waals surface area contributed by atoms with E-state index in [2.05, 4.69) is 0 Å². The maximum atomic E-state index is 13.4. The van der Waals surface area contributed by atoms with E-state index in [1.54, 1.807) is 33.5 Å². The summed E-state index contributed by atoms with van der Waals surface area (Å²) >= 11 is 0. The molecule has 0 amide bonds. The van der Waals surface area contributed by atoms with Crippen LogP contribution in [0.1, 0.15) is 11.1 Å². The van der Waals surface area contributed by atoms with Gasteiger partial charge in [0.1, 0.15) is 50.8 Å². The maximum Gasteiger partial charge on any atom is 0.164 e. The molecule has 2 N–H and O–H groups in total. The van der Waals surface area contributed by atoms with Crippen LogP contribution >= 0.6 is 0 Å². The average Bonchev–Trinajstić information content (AvgIpc) is 2.69. The van der Waals surface area contributed by atoms with Gasteiger partial charge in [-0.15, -0.1) is 0 Å². The third kappa shape index (κ3) is 4.90. The lowest BCUT2D eigenvalue weighted by Crippen LogP contribution is -3.27. The van der Waals surface area contributed by atoms with Crippen LogP contribution < -0.4 is 24.0 Å². The lowest BCUT2D eigenvalue weighted by Gasteiger charge is -2.30. The van der Waals surface area contributed by atoms with Gasteiger partial charge < -0.3 is 24.0 Å². The molecule has 27 heavy (non-hydrogen) atoms. The monoisotopic (exact) mass is 376 g/mol. The van der Waals surface area contributed by atoms with Crippen LogP contribution in [-0.2, 0) is 13.1 Å². The molecule has 1 aliphatic heterocycles. The number of ether oxygens (including phenoxy) is 3. The van der Waals surface area contributed by atoms with Gasteiger partial charge in [-0.25, -0.2) is 4.39 Å². The van der Waals surface area contributed by atoms with Gasteiger partial charge in [0, 0.05) is 11.6 Å². The minimum absolute atomic E-state index is 0.156. The highest BCUT2D eigenvalue weighted by atomic mass is 19.1. The van der Waals surface area contributed by atoms with Crippen LogP contribution in [0.5, 0.6) is 17.2 Å². The van der Waals surface area contributed by atoms with Crippen LogP contribution in [0.4, 0.5) is 4.39 Å². The Balaban J connectivity index is 1.60. The normalized spacial score (nSPS) is 19.6. The number of piperazine rings is 1. The molecular weight excluding hydrogens is 347 g/mol. The molecule has 0 unspecified atom stereocenters. The minimum atomic E-state index is -0.156. The molecule has 1 aliphatic rings. The Morgan fingerprint density at radius 2 is 1.37 bits per heavy atom. The summed E-state index contributed by atoms with van der Waals surface area (Å²) in [5.74, 6) is 2.08. The van der Waals surface area contributed by atoms with Gasteiger partial charge in [-0.2, -0.15) is 0 Å². The number of hydrogen-bond acceptors (Lipinski definition) is 3. The molecule has 0 aliphatic carbocycles. The first-order valence-electron chi connectivity index (χ1n) is 9.33.